The molecule has 0 aliphatic carbocycles. The lowest BCUT2D eigenvalue weighted by Crippen LogP contribution is -2.46. The fraction of sp³-hybridized carbons (Fsp3) is 0.682. The van der Waals surface area contributed by atoms with Gasteiger partial charge in [-0.05, 0) is 58.2 Å². The number of aliphatic imine (C=N–C) groups is 1. The third kappa shape index (κ3) is 7.57. The van der Waals surface area contributed by atoms with Gasteiger partial charge in [-0.15, -0.1) is 24.0 Å². The van der Waals surface area contributed by atoms with Gasteiger partial charge in [0.05, 0.1) is 11.4 Å². The number of hydrogen-bond acceptors (Lipinski definition) is 4. The van der Waals surface area contributed by atoms with E-state index < -0.39 is 10.0 Å². The number of sulfonamides is 1. The molecule has 1 heterocycles. The Morgan fingerprint density at radius 3 is 2.29 bits per heavy atom. The van der Waals surface area contributed by atoms with Gasteiger partial charge in [0, 0.05) is 44.8 Å². The third-order valence-corrected chi connectivity index (χ3v) is 7.83. The first-order valence-electron chi connectivity index (χ1n) is 10.9. The molecule has 1 aromatic carbocycles. The first-order chi connectivity index (χ1) is 14.1. The number of rotatable bonds is 8. The van der Waals surface area contributed by atoms with Crippen LogP contribution < -0.4 is 10.6 Å². The summed E-state index contributed by atoms with van der Waals surface area (Å²) in [7, 11) is -1.85. The van der Waals surface area contributed by atoms with E-state index in [1.54, 1.807) is 19.2 Å². The first kappa shape index (κ1) is 28.1. The Bertz CT molecular complexity index is 812. The number of nitrogens with one attached hydrogen (secondary N) is 2. The minimum atomic E-state index is -3.46. The van der Waals surface area contributed by atoms with Crippen molar-refractivity contribution in [2.75, 3.05) is 26.7 Å². The lowest BCUT2D eigenvalue weighted by Gasteiger charge is -2.22. The minimum absolute atomic E-state index is 0. The number of nitrogens with zero attached hydrogens (tertiary/aromatic N) is 3. The molecule has 1 saturated heterocycles. The standard InChI is InChI=1S/C22H39N5O2S.HI/c1-8-23-22(25-21-15-27(17(4)5)14-18(21)6)24-13-19-9-11-20(12-10-19)30(28,29)26(7)16(2)3;/h9-12,16-18,21H,8,13-15H2,1-7H3,(H2,23,24,25);1H. The van der Waals surface area contributed by atoms with Crippen LogP contribution in [0.25, 0.3) is 0 Å². The predicted octanol–water partition coefficient (Wildman–Crippen LogP) is 3.12. The van der Waals surface area contributed by atoms with Crippen molar-refractivity contribution in [1.82, 2.24) is 19.8 Å². The maximum Gasteiger partial charge on any atom is 0.243 e. The van der Waals surface area contributed by atoms with Crippen LogP contribution in [0.4, 0.5) is 0 Å². The van der Waals surface area contributed by atoms with E-state index in [2.05, 4.69) is 43.2 Å². The van der Waals surface area contributed by atoms with Crippen molar-refractivity contribution in [3.8, 4) is 0 Å². The molecule has 31 heavy (non-hydrogen) atoms. The topological polar surface area (TPSA) is 77.0 Å². The Kier molecular flexibility index (Phi) is 11.2. The van der Waals surface area contributed by atoms with Crippen LogP contribution in [0.3, 0.4) is 0 Å². The summed E-state index contributed by atoms with van der Waals surface area (Å²) in [6, 6.07) is 7.84. The van der Waals surface area contributed by atoms with E-state index in [1.807, 2.05) is 26.0 Å². The van der Waals surface area contributed by atoms with Gasteiger partial charge in [0.1, 0.15) is 0 Å². The number of hydrogen-bond donors (Lipinski definition) is 2. The monoisotopic (exact) mass is 565 g/mol. The van der Waals surface area contributed by atoms with Gasteiger partial charge in [0.25, 0.3) is 0 Å². The minimum Gasteiger partial charge on any atom is -0.357 e. The molecule has 9 heteroatoms. The molecule has 0 bridgehead atoms. The number of benzene rings is 1. The largest absolute Gasteiger partial charge is 0.357 e. The molecular weight excluding hydrogens is 525 g/mol. The van der Waals surface area contributed by atoms with Gasteiger partial charge in [-0.25, -0.2) is 13.4 Å². The summed E-state index contributed by atoms with van der Waals surface area (Å²) in [5.74, 6) is 1.36. The maximum absolute atomic E-state index is 12.6. The van der Waals surface area contributed by atoms with Crippen molar-refractivity contribution < 1.29 is 8.42 Å². The predicted molar refractivity (Wildman–Crippen MR) is 140 cm³/mol. The molecule has 1 aliphatic rings. The molecule has 178 valence electrons. The fourth-order valence-corrected chi connectivity index (χ4v) is 4.86. The third-order valence-electron chi connectivity index (χ3n) is 5.78. The molecule has 7 nitrogen and oxygen atoms in total. The summed E-state index contributed by atoms with van der Waals surface area (Å²) in [6.45, 7) is 15.9. The van der Waals surface area contributed by atoms with Gasteiger partial charge in [-0.1, -0.05) is 19.1 Å². The summed E-state index contributed by atoms with van der Waals surface area (Å²) >= 11 is 0. The fourth-order valence-electron chi connectivity index (χ4n) is 3.49. The molecule has 0 aromatic heterocycles. The van der Waals surface area contributed by atoms with E-state index >= 15 is 0 Å². The van der Waals surface area contributed by atoms with Crippen LogP contribution in [0.5, 0.6) is 0 Å². The average molecular weight is 566 g/mol. The summed E-state index contributed by atoms with van der Waals surface area (Å²) in [6.07, 6.45) is 0. The maximum atomic E-state index is 12.6. The van der Waals surface area contributed by atoms with Crippen molar-refractivity contribution in [2.24, 2.45) is 10.9 Å². The Balaban J connectivity index is 0.00000480. The lowest BCUT2D eigenvalue weighted by atomic mass is 10.1. The van der Waals surface area contributed by atoms with Gasteiger partial charge in [0.2, 0.25) is 10.0 Å². The number of likely N-dealkylation sites (tertiary alicyclic amines) is 1. The Labute approximate surface area is 206 Å². The normalized spacial score (nSPS) is 20.4. The van der Waals surface area contributed by atoms with Crippen LogP contribution in [0.15, 0.2) is 34.2 Å². The number of guanidine groups is 1. The molecule has 2 unspecified atom stereocenters. The van der Waals surface area contributed by atoms with E-state index in [0.29, 0.717) is 29.4 Å². The van der Waals surface area contributed by atoms with Crippen LogP contribution in [0, 0.1) is 5.92 Å². The smallest absolute Gasteiger partial charge is 0.243 e. The average Bonchev–Trinajstić information content (AvgIpc) is 3.06. The summed E-state index contributed by atoms with van der Waals surface area (Å²) < 4.78 is 26.6. The summed E-state index contributed by atoms with van der Waals surface area (Å²) in [4.78, 5) is 7.52. The second-order valence-electron chi connectivity index (χ2n) is 8.73. The van der Waals surface area contributed by atoms with E-state index in [9.17, 15) is 8.42 Å². The van der Waals surface area contributed by atoms with Crippen LogP contribution in [0.2, 0.25) is 0 Å². The second kappa shape index (κ2) is 12.4. The van der Waals surface area contributed by atoms with Crippen molar-refractivity contribution in [3.63, 3.8) is 0 Å². The Morgan fingerprint density at radius 2 is 1.81 bits per heavy atom. The Hall–Kier alpha value is -0.910. The summed E-state index contributed by atoms with van der Waals surface area (Å²) in [5.41, 5.74) is 0.974. The van der Waals surface area contributed by atoms with Crippen LogP contribution in [0.1, 0.15) is 47.1 Å². The van der Waals surface area contributed by atoms with Gasteiger partial charge in [-0.2, -0.15) is 4.31 Å². The molecule has 1 fully saturated rings. The molecule has 0 amide bonds. The zero-order valence-corrected chi connectivity index (χ0v) is 23.1. The summed E-state index contributed by atoms with van der Waals surface area (Å²) in [5, 5.41) is 6.90. The van der Waals surface area contributed by atoms with Crippen molar-refractivity contribution >= 4 is 40.0 Å². The van der Waals surface area contributed by atoms with Gasteiger partial charge in [-0.3, -0.25) is 4.90 Å². The highest BCUT2D eigenvalue weighted by Crippen LogP contribution is 2.19. The quantitative estimate of drug-likeness (QED) is 0.288. The van der Waals surface area contributed by atoms with Gasteiger partial charge >= 0.3 is 0 Å². The van der Waals surface area contributed by atoms with E-state index in [1.165, 1.54) is 4.31 Å². The molecule has 2 atom stereocenters. The second-order valence-corrected chi connectivity index (χ2v) is 10.7. The van der Waals surface area contributed by atoms with Crippen molar-refractivity contribution in [1.29, 1.82) is 0 Å². The molecule has 0 radical (unpaired) electrons. The Morgan fingerprint density at radius 1 is 1.19 bits per heavy atom. The molecule has 1 aliphatic heterocycles. The van der Waals surface area contributed by atoms with Crippen LogP contribution >= 0.6 is 24.0 Å². The van der Waals surface area contributed by atoms with E-state index in [0.717, 1.165) is 31.2 Å². The van der Waals surface area contributed by atoms with Gasteiger partial charge < -0.3 is 10.6 Å². The SMILES string of the molecule is CCNC(=NCc1ccc(S(=O)(=O)N(C)C(C)C)cc1)NC1CN(C(C)C)CC1C.I. The van der Waals surface area contributed by atoms with Crippen LogP contribution in [-0.4, -0.2) is 68.4 Å². The lowest BCUT2D eigenvalue weighted by molar-refractivity contribution is 0.265. The van der Waals surface area contributed by atoms with Gasteiger partial charge in [0.15, 0.2) is 5.96 Å². The van der Waals surface area contributed by atoms with E-state index in [4.69, 9.17) is 4.99 Å². The highest BCUT2D eigenvalue weighted by atomic mass is 127. The first-order valence-corrected chi connectivity index (χ1v) is 12.4. The molecular formula is C22H40IN5O2S. The zero-order chi connectivity index (χ0) is 22.5. The molecule has 0 saturated carbocycles. The van der Waals surface area contributed by atoms with Crippen molar-refractivity contribution in [3.05, 3.63) is 29.8 Å². The van der Waals surface area contributed by atoms with E-state index in [-0.39, 0.29) is 30.0 Å². The molecule has 1 aromatic rings. The van der Waals surface area contributed by atoms with Crippen molar-refractivity contribution in [2.45, 2.75) is 71.1 Å². The molecule has 2 N–H and O–H groups in total. The van der Waals surface area contributed by atoms with Crippen LogP contribution in [-0.2, 0) is 16.6 Å². The zero-order valence-electron chi connectivity index (χ0n) is 19.9. The highest BCUT2D eigenvalue weighted by Gasteiger charge is 2.31. The highest BCUT2D eigenvalue weighted by molar-refractivity contribution is 14.0. The molecule has 2 rings (SSSR count). The molecule has 0 spiro atoms. The number of halogens is 1.